The third-order valence-corrected chi connectivity index (χ3v) is 5.55. The third kappa shape index (κ3) is 3.29. The molecule has 0 aromatic heterocycles. The summed E-state index contributed by atoms with van der Waals surface area (Å²) in [4.78, 5) is 1.89. The van der Waals surface area contributed by atoms with Gasteiger partial charge in [0.15, 0.2) is 5.69 Å². The molecule has 2 aromatic rings. The van der Waals surface area contributed by atoms with Crippen molar-refractivity contribution in [2.45, 2.75) is 29.1 Å². The van der Waals surface area contributed by atoms with Crippen LogP contribution in [0.5, 0.6) is 11.5 Å². The molecule has 5 nitrogen and oxygen atoms in total. The Labute approximate surface area is 155 Å². The van der Waals surface area contributed by atoms with Gasteiger partial charge in [0, 0.05) is 23.6 Å². The predicted molar refractivity (Wildman–Crippen MR) is 86.0 cm³/mol. The molecular weight excluding hydrogens is 409 g/mol. The van der Waals surface area contributed by atoms with Crippen molar-refractivity contribution in [3.8, 4) is 11.5 Å². The van der Waals surface area contributed by atoms with Gasteiger partial charge in [-0.2, -0.15) is 8.78 Å². The quantitative estimate of drug-likeness (QED) is 0.590. The Kier molecular flexibility index (Phi) is 4.81. The summed E-state index contributed by atoms with van der Waals surface area (Å²) >= 11 is 0. The van der Waals surface area contributed by atoms with Gasteiger partial charge >= 0.3 is 5.76 Å². The van der Waals surface area contributed by atoms with Crippen molar-refractivity contribution >= 4 is 15.5 Å². The van der Waals surface area contributed by atoms with Crippen LogP contribution in [0.15, 0.2) is 35.2 Å². The zero-order valence-electron chi connectivity index (χ0n) is 13.7. The highest BCUT2D eigenvalue weighted by molar-refractivity contribution is 7.91. The smallest absolute Gasteiger partial charge is 0.341 e. The molecule has 11 heteroatoms. The number of nitrogens with zero attached hydrogens (tertiary/aromatic N) is 1. The van der Waals surface area contributed by atoms with E-state index in [9.17, 15) is 35.5 Å². The number of hydrogen-bond donors (Lipinski definition) is 1. The number of halogens is 5. The minimum atomic E-state index is -5.27. The third-order valence-electron chi connectivity index (χ3n) is 4.11. The molecule has 0 unspecified atom stereocenters. The van der Waals surface area contributed by atoms with Gasteiger partial charge in [0.25, 0.3) is 5.92 Å². The van der Waals surface area contributed by atoms with E-state index in [0.29, 0.717) is 6.07 Å². The van der Waals surface area contributed by atoms with Crippen molar-refractivity contribution in [2.24, 2.45) is 0 Å². The molecule has 0 bridgehead atoms. The minimum absolute atomic E-state index is 0.145. The van der Waals surface area contributed by atoms with E-state index in [1.165, 1.54) is 0 Å². The largest absolute Gasteiger partial charge is 0.458 e. The fourth-order valence-electron chi connectivity index (χ4n) is 2.89. The van der Waals surface area contributed by atoms with Crippen LogP contribution >= 0.6 is 0 Å². The number of aliphatic hydroxyl groups is 1. The minimum Gasteiger partial charge on any atom is -0.458 e. The summed E-state index contributed by atoms with van der Waals surface area (Å²) in [6.45, 7) is 6.89. The Morgan fingerprint density at radius 2 is 1.93 bits per heavy atom. The number of alkyl halides is 4. The summed E-state index contributed by atoms with van der Waals surface area (Å²) in [6.07, 6.45) is -3.81. The first-order valence-corrected chi connectivity index (χ1v) is 9.11. The Morgan fingerprint density at radius 1 is 1.25 bits per heavy atom. The molecule has 0 aliphatic heterocycles. The number of rotatable bonds is 4. The molecule has 2 aromatic carbocycles. The van der Waals surface area contributed by atoms with Crippen molar-refractivity contribution < 1.29 is 40.2 Å². The van der Waals surface area contributed by atoms with Gasteiger partial charge < -0.3 is 9.84 Å². The van der Waals surface area contributed by atoms with E-state index in [4.69, 9.17) is 11.3 Å². The zero-order valence-corrected chi connectivity index (χ0v) is 14.5. The number of sulfone groups is 1. The Morgan fingerprint density at radius 3 is 2.54 bits per heavy atom. The molecule has 1 aliphatic carbocycles. The monoisotopic (exact) mass is 419 g/mol. The topological polar surface area (TPSA) is 68.0 Å². The van der Waals surface area contributed by atoms with Crippen molar-refractivity contribution in [1.29, 1.82) is 0 Å². The van der Waals surface area contributed by atoms with Crippen molar-refractivity contribution in [2.75, 3.05) is 0 Å². The number of benzene rings is 2. The first-order chi connectivity index (χ1) is 13.0. The highest BCUT2D eigenvalue weighted by Crippen LogP contribution is 2.50. The van der Waals surface area contributed by atoms with E-state index >= 15 is 0 Å². The van der Waals surface area contributed by atoms with Crippen LogP contribution in [0.4, 0.5) is 27.6 Å². The van der Waals surface area contributed by atoms with Crippen LogP contribution in [-0.2, 0) is 16.3 Å². The van der Waals surface area contributed by atoms with Crippen molar-refractivity contribution in [3.63, 3.8) is 0 Å². The van der Waals surface area contributed by atoms with E-state index in [-0.39, 0.29) is 17.2 Å². The Bertz CT molecular complexity index is 1100. The summed E-state index contributed by atoms with van der Waals surface area (Å²) in [5.41, 5.74) is -1.52. The Balaban J connectivity index is 2.17. The molecule has 0 spiro atoms. The maximum atomic E-state index is 14.0. The molecule has 0 heterocycles. The van der Waals surface area contributed by atoms with Gasteiger partial charge in [-0.25, -0.2) is 26.4 Å². The molecule has 1 aliphatic rings. The van der Waals surface area contributed by atoms with E-state index < -0.39 is 55.9 Å². The van der Waals surface area contributed by atoms with Gasteiger partial charge in [-0.3, -0.25) is 0 Å². The van der Waals surface area contributed by atoms with Gasteiger partial charge in [-0.05, 0) is 24.3 Å². The molecule has 0 saturated heterocycles. The summed E-state index contributed by atoms with van der Waals surface area (Å²) in [5, 5.41) is 9.84. The molecule has 1 N–H and O–H groups in total. The first kappa shape index (κ1) is 20.0. The molecule has 0 amide bonds. The van der Waals surface area contributed by atoms with Crippen LogP contribution < -0.4 is 4.74 Å². The lowest BCUT2D eigenvalue weighted by Gasteiger charge is -2.16. The maximum Gasteiger partial charge on any atom is 0.341 e. The molecule has 3 rings (SSSR count). The zero-order chi connectivity index (χ0) is 20.9. The van der Waals surface area contributed by atoms with E-state index in [1.807, 2.05) is 0 Å². The molecule has 0 saturated carbocycles. The van der Waals surface area contributed by atoms with Crippen LogP contribution in [0.2, 0.25) is 0 Å². The van der Waals surface area contributed by atoms with Gasteiger partial charge in [-0.15, -0.1) is 0 Å². The number of ether oxygens (including phenoxy) is 1. The number of hydrogen-bond acceptors (Lipinski definition) is 4. The summed E-state index contributed by atoms with van der Waals surface area (Å²) in [6, 6.07) is 4.35. The normalized spacial score (nSPS) is 18.0. The maximum absolute atomic E-state index is 14.0. The molecule has 28 heavy (non-hydrogen) atoms. The average molecular weight is 419 g/mol. The van der Waals surface area contributed by atoms with Crippen LogP contribution in [0.25, 0.3) is 4.85 Å². The highest BCUT2D eigenvalue weighted by atomic mass is 32.2. The number of aliphatic hydroxyl groups excluding tert-OH is 1. The lowest BCUT2D eigenvalue weighted by atomic mass is 10.1. The van der Waals surface area contributed by atoms with Gasteiger partial charge in [0.1, 0.15) is 23.4 Å². The summed E-state index contributed by atoms with van der Waals surface area (Å²) in [5.74, 6) is -9.17. The second-order valence-corrected chi connectivity index (χ2v) is 7.85. The molecule has 0 fully saturated rings. The van der Waals surface area contributed by atoms with Crippen molar-refractivity contribution in [1.82, 2.24) is 0 Å². The lowest BCUT2D eigenvalue weighted by molar-refractivity contribution is -0.0976. The summed E-state index contributed by atoms with van der Waals surface area (Å²) in [7, 11) is -5.27. The van der Waals surface area contributed by atoms with Crippen LogP contribution in [0.3, 0.4) is 0 Å². The molecule has 0 radical (unpaired) electrons. The van der Waals surface area contributed by atoms with Gasteiger partial charge in [0.05, 0.1) is 11.5 Å². The fraction of sp³-hybridized carbons (Fsp3) is 0.235. The summed E-state index contributed by atoms with van der Waals surface area (Å²) < 4.78 is 96.3. The van der Waals surface area contributed by atoms with Gasteiger partial charge in [0.2, 0.25) is 9.84 Å². The highest BCUT2D eigenvalue weighted by Gasteiger charge is 2.51. The van der Waals surface area contributed by atoms with E-state index in [1.54, 1.807) is 0 Å². The molecular formula is C17H10F5NO4S. The fourth-order valence-corrected chi connectivity index (χ4v) is 3.88. The lowest BCUT2D eigenvalue weighted by Crippen LogP contribution is -2.23. The van der Waals surface area contributed by atoms with Crippen LogP contribution in [-0.4, -0.2) is 25.2 Å². The standard InChI is InChI=1S/C17H10F5NO4S/c1-23-9-4-8(18)5-10(6-9)27-12-2-3-13(28(25,26)16(19)20)14-11(12)7-17(21,22)15(14)24/h2-6,15-16,24H,7H2/t15-/m0/s1. The van der Waals surface area contributed by atoms with Crippen LogP contribution in [0, 0.1) is 12.4 Å². The van der Waals surface area contributed by atoms with Gasteiger partial charge in [-0.1, -0.05) is 0 Å². The van der Waals surface area contributed by atoms with Crippen molar-refractivity contribution in [3.05, 3.63) is 58.7 Å². The average Bonchev–Trinajstić information content (AvgIpc) is 2.85. The SMILES string of the molecule is [C-]#[N+]c1cc(F)cc(Oc2ccc(S(=O)(=O)C(F)F)c3c2CC(F)(F)[C@H]3O)c1. The second-order valence-electron chi connectivity index (χ2n) is 5.96. The second kappa shape index (κ2) is 6.72. The number of fused-ring (bicyclic) bond motifs is 1. The van der Waals surface area contributed by atoms with E-state index in [2.05, 4.69) is 4.85 Å². The molecule has 1 atom stereocenters. The Hall–Kier alpha value is -2.71. The van der Waals surface area contributed by atoms with Crippen LogP contribution in [0.1, 0.15) is 17.2 Å². The predicted octanol–water partition coefficient (Wildman–Crippen LogP) is 4.39. The first-order valence-electron chi connectivity index (χ1n) is 7.57. The molecule has 148 valence electrons. The van der Waals surface area contributed by atoms with E-state index in [0.717, 1.165) is 24.3 Å².